The molecular weight excluding hydrogens is 290 g/mol. The Hall–Kier alpha value is -1.04. The zero-order valence-corrected chi connectivity index (χ0v) is 10.8. The van der Waals surface area contributed by atoms with Crippen molar-refractivity contribution in [3.63, 3.8) is 0 Å². The molecule has 1 amide bonds. The lowest BCUT2D eigenvalue weighted by molar-refractivity contribution is -0.125. The number of pyridine rings is 1. The van der Waals surface area contributed by atoms with Crippen molar-refractivity contribution in [1.29, 1.82) is 0 Å². The molecule has 2 N–H and O–H groups in total. The fourth-order valence-electron chi connectivity index (χ4n) is 0.860. The number of hydrogen-bond donors (Lipinski definition) is 1. The van der Waals surface area contributed by atoms with E-state index in [4.69, 9.17) is 45.3 Å². The molecule has 0 saturated heterocycles. The number of rotatable bonds is 3. The van der Waals surface area contributed by atoms with Crippen LogP contribution in [-0.2, 0) is 9.53 Å². The van der Waals surface area contributed by atoms with Gasteiger partial charge in [0.25, 0.3) is 5.91 Å². The van der Waals surface area contributed by atoms with Crippen LogP contribution in [0.5, 0.6) is 0 Å². The maximum absolute atomic E-state index is 11.6. The lowest BCUT2D eigenvalue weighted by atomic mass is 10.3. The van der Waals surface area contributed by atoms with Crippen LogP contribution in [0.2, 0.25) is 15.1 Å². The Morgan fingerprint density at radius 1 is 1.35 bits per heavy atom. The Labute approximate surface area is 112 Å². The standard InChI is InChI=1S/C9H7Cl3N2O3/c1-3(8(13)15)17-9(16)7-6(12)5(11)4(10)2-14-7/h2-3H,1H3,(H2,13,15). The minimum absolute atomic E-state index is 0.0120. The van der Waals surface area contributed by atoms with Gasteiger partial charge in [-0.25, -0.2) is 9.78 Å². The highest BCUT2D eigenvalue weighted by Crippen LogP contribution is 2.31. The Balaban J connectivity index is 2.98. The number of aromatic nitrogens is 1. The van der Waals surface area contributed by atoms with E-state index < -0.39 is 18.0 Å². The summed E-state index contributed by atoms with van der Waals surface area (Å²) in [5.41, 5.74) is 4.71. The fraction of sp³-hybridized carbons (Fsp3) is 0.222. The summed E-state index contributed by atoms with van der Waals surface area (Å²) < 4.78 is 4.71. The number of amides is 1. The lowest BCUT2D eigenvalue weighted by Gasteiger charge is -2.10. The van der Waals surface area contributed by atoms with Crippen LogP contribution in [0.15, 0.2) is 6.20 Å². The maximum atomic E-state index is 11.6. The van der Waals surface area contributed by atoms with Crippen LogP contribution in [0.4, 0.5) is 0 Å². The normalized spacial score (nSPS) is 12.0. The second kappa shape index (κ2) is 5.53. The molecule has 0 radical (unpaired) electrons. The lowest BCUT2D eigenvalue weighted by Crippen LogP contribution is -2.30. The number of nitrogens with two attached hydrogens (primary N) is 1. The van der Waals surface area contributed by atoms with Crippen LogP contribution < -0.4 is 5.73 Å². The second-order valence-electron chi connectivity index (χ2n) is 3.03. The number of carbonyl (C=O) groups is 2. The smallest absolute Gasteiger partial charge is 0.359 e. The molecule has 0 aromatic carbocycles. The zero-order valence-electron chi connectivity index (χ0n) is 8.54. The quantitative estimate of drug-likeness (QED) is 0.866. The largest absolute Gasteiger partial charge is 0.448 e. The molecule has 0 saturated carbocycles. The Kier molecular flexibility index (Phi) is 4.56. The topological polar surface area (TPSA) is 82.3 Å². The van der Waals surface area contributed by atoms with Gasteiger partial charge in [-0.2, -0.15) is 0 Å². The highest BCUT2D eigenvalue weighted by molar-refractivity contribution is 6.48. The first kappa shape index (κ1) is 14.0. The van der Waals surface area contributed by atoms with Crippen molar-refractivity contribution in [2.24, 2.45) is 5.73 Å². The number of nitrogens with zero attached hydrogens (tertiary/aromatic N) is 1. The summed E-state index contributed by atoms with van der Waals surface area (Å²) in [5.74, 6) is -1.69. The highest BCUT2D eigenvalue weighted by atomic mass is 35.5. The van der Waals surface area contributed by atoms with Gasteiger partial charge in [0.05, 0.1) is 15.1 Å². The first-order valence-electron chi connectivity index (χ1n) is 4.34. The van der Waals surface area contributed by atoms with E-state index in [0.29, 0.717) is 0 Å². The second-order valence-corrected chi connectivity index (χ2v) is 4.20. The summed E-state index contributed by atoms with van der Waals surface area (Å²) >= 11 is 17.1. The molecule has 1 heterocycles. The summed E-state index contributed by atoms with van der Waals surface area (Å²) in [4.78, 5) is 26.0. The Bertz CT molecular complexity index is 479. The summed E-state index contributed by atoms with van der Waals surface area (Å²) in [6.45, 7) is 1.33. The maximum Gasteiger partial charge on any atom is 0.359 e. The van der Waals surface area contributed by atoms with E-state index >= 15 is 0 Å². The Morgan fingerprint density at radius 2 is 1.94 bits per heavy atom. The van der Waals surface area contributed by atoms with Gasteiger partial charge in [-0.05, 0) is 6.92 Å². The monoisotopic (exact) mass is 296 g/mol. The SMILES string of the molecule is CC(OC(=O)c1ncc(Cl)c(Cl)c1Cl)C(N)=O. The van der Waals surface area contributed by atoms with Crippen LogP contribution in [0, 0.1) is 0 Å². The molecule has 1 rings (SSSR count). The highest BCUT2D eigenvalue weighted by Gasteiger charge is 2.22. The van der Waals surface area contributed by atoms with Crippen molar-refractivity contribution in [2.45, 2.75) is 13.0 Å². The average molecular weight is 298 g/mol. The fourth-order valence-corrected chi connectivity index (χ4v) is 1.42. The van der Waals surface area contributed by atoms with Gasteiger partial charge >= 0.3 is 5.97 Å². The molecule has 8 heteroatoms. The molecule has 0 aliphatic rings. The van der Waals surface area contributed by atoms with E-state index in [9.17, 15) is 9.59 Å². The van der Waals surface area contributed by atoms with Gasteiger partial charge in [-0.3, -0.25) is 4.79 Å². The van der Waals surface area contributed by atoms with Crippen LogP contribution >= 0.6 is 34.8 Å². The molecule has 1 unspecified atom stereocenters. The predicted octanol–water partition coefficient (Wildman–Crippen LogP) is 2.07. The minimum atomic E-state index is -1.09. The first-order valence-corrected chi connectivity index (χ1v) is 5.47. The van der Waals surface area contributed by atoms with Crippen LogP contribution in [0.1, 0.15) is 17.4 Å². The predicted molar refractivity (Wildman–Crippen MR) is 63.3 cm³/mol. The van der Waals surface area contributed by atoms with E-state index in [1.54, 1.807) is 0 Å². The number of halogens is 3. The molecule has 17 heavy (non-hydrogen) atoms. The molecule has 0 fully saturated rings. The van der Waals surface area contributed by atoms with Crippen molar-refractivity contribution in [1.82, 2.24) is 4.98 Å². The summed E-state index contributed by atoms with van der Waals surface area (Å²) in [6, 6.07) is 0. The van der Waals surface area contributed by atoms with Gasteiger partial charge in [-0.15, -0.1) is 0 Å². The van der Waals surface area contributed by atoms with Crippen LogP contribution in [0.3, 0.4) is 0 Å². The first-order chi connectivity index (χ1) is 7.84. The van der Waals surface area contributed by atoms with E-state index in [2.05, 4.69) is 4.98 Å². The average Bonchev–Trinajstić information content (AvgIpc) is 2.25. The van der Waals surface area contributed by atoms with Crippen molar-refractivity contribution in [3.05, 3.63) is 27.0 Å². The third-order valence-corrected chi connectivity index (χ3v) is 3.04. The molecule has 0 bridgehead atoms. The molecular formula is C9H7Cl3N2O3. The summed E-state index contributed by atoms with van der Waals surface area (Å²) in [7, 11) is 0. The minimum Gasteiger partial charge on any atom is -0.448 e. The van der Waals surface area contributed by atoms with Crippen molar-refractivity contribution >= 4 is 46.7 Å². The number of ether oxygens (including phenoxy) is 1. The Morgan fingerprint density at radius 3 is 2.47 bits per heavy atom. The van der Waals surface area contributed by atoms with Crippen molar-refractivity contribution in [3.8, 4) is 0 Å². The van der Waals surface area contributed by atoms with Crippen LogP contribution in [-0.4, -0.2) is 23.0 Å². The molecule has 0 spiro atoms. The molecule has 0 aliphatic carbocycles. The molecule has 1 aromatic rings. The number of carbonyl (C=O) groups excluding carboxylic acids is 2. The van der Waals surface area contributed by atoms with E-state index in [0.717, 1.165) is 6.20 Å². The van der Waals surface area contributed by atoms with Crippen LogP contribution in [0.25, 0.3) is 0 Å². The number of primary amides is 1. The van der Waals surface area contributed by atoms with Gasteiger partial charge in [-0.1, -0.05) is 34.8 Å². The van der Waals surface area contributed by atoms with E-state index in [-0.39, 0.29) is 20.8 Å². The molecule has 5 nitrogen and oxygen atoms in total. The number of hydrogen-bond acceptors (Lipinski definition) is 4. The van der Waals surface area contributed by atoms with Gasteiger partial charge in [0.2, 0.25) is 0 Å². The van der Waals surface area contributed by atoms with Gasteiger partial charge in [0.15, 0.2) is 11.8 Å². The van der Waals surface area contributed by atoms with E-state index in [1.165, 1.54) is 6.92 Å². The number of esters is 1. The summed E-state index contributed by atoms with van der Waals surface area (Å²) in [5, 5.41) is -0.0426. The van der Waals surface area contributed by atoms with E-state index in [1.807, 2.05) is 0 Å². The van der Waals surface area contributed by atoms with Crippen molar-refractivity contribution < 1.29 is 14.3 Å². The van der Waals surface area contributed by atoms with Gasteiger partial charge in [0.1, 0.15) is 0 Å². The molecule has 1 aromatic heterocycles. The third-order valence-electron chi connectivity index (χ3n) is 1.80. The zero-order chi connectivity index (χ0) is 13.2. The molecule has 0 aliphatic heterocycles. The third kappa shape index (κ3) is 3.21. The summed E-state index contributed by atoms with van der Waals surface area (Å²) in [6.07, 6.45) is 0.0659. The van der Waals surface area contributed by atoms with Gasteiger partial charge < -0.3 is 10.5 Å². The molecule has 92 valence electrons. The van der Waals surface area contributed by atoms with Gasteiger partial charge in [0, 0.05) is 6.20 Å². The molecule has 1 atom stereocenters. The van der Waals surface area contributed by atoms with Crippen molar-refractivity contribution in [2.75, 3.05) is 0 Å².